The fourth-order valence-corrected chi connectivity index (χ4v) is 1.42. The molecule has 14 heavy (non-hydrogen) atoms. The maximum atomic E-state index is 11.0. The number of fused-ring (bicyclic) bond motifs is 1. The number of rotatable bonds is 1. The van der Waals surface area contributed by atoms with Gasteiger partial charge in [-0.3, -0.25) is 10.6 Å². The molecule has 0 saturated carbocycles. The Morgan fingerprint density at radius 3 is 3.07 bits per heavy atom. The average molecular weight is 214 g/mol. The van der Waals surface area contributed by atoms with Crippen LogP contribution in [0.5, 0.6) is 5.75 Å². The third-order valence-electron chi connectivity index (χ3n) is 1.86. The Kier molecular flexibility index (Phi) is 2.18. The Balaban J connectivity index is 2.46. The van der Waals surface area contributed by atoms with E-state index in [2.05, 4.69) is 10.7 Å². The number of anilines is 2. The molecule has 1 amide bonds. The van der Waals surface area contributed by atoms with E-state index >= 15 is 0 Å². The smallest absolute Gasteiger partial charge is 0.262 e. The van der Waals surface area contributed by atoms with E-state index in [4.69, 9.17) is 22.2 Å². The topological polar surface area (TPSA) is 76.4 Å². The van der Waals surface area contributed by atoms with Crippen LogP contribution in [0.1, 0.15) is 0 Å². The summed E-state index contributed by atoms with van der Waals surface area (Å²) in [6, 6.07) is 3.22. The van der Waals surface area contributed by atoms with Crippen molar-refractivity contribution in [3.63, 3.8) is 0 Å². The summed E-state index contributed by atoms with van der Waals surface area (Å²) >= 11 is 5.86. The van der Waals surface area contributed by atoms with Crippen LogP contribution in [0.15, 0.2) is 12.1 Å². The molecule has 0 aromatic heterocycles. The minimum atomic E-state index is -0.192. The van der Waals surface area contributed by atoms with Gasteiger partial charge in [0.15, 0.2) is 6.61 Å². The highest BCUT2D eigenvalue weighted by atomic mass is 35.5. The molecule has 1 aliphatic heterocycles. The van der Waals surface area contributed by atoms with Gasteiger partial charge in [-0.1, -0.05) is 11.6 Å². The molecule has 0 atom stereocenters. The molecule has 1 aromatic carbocycles. The summed E-state index contributed by atoms with van der Waals surface area (Å²) in [5.41, 5.74) is 3.53. The van der Waals surface area contributed by atoms with E-state index in [0.29, 0.717) is 22.1 Å². The van der Waals surface area contributed by atoms with Crippen LogP contribution in [0.3, 0.4) is 0 Å². The highest BCUT2D eigenvalue weighted by molar-refractivity contribution is 6.33. The molecule has 0 bridgehead atoms. The highest BCUT2D eigenvalue weighted by Crippen LogP contribution is 2.35. The van der Waals surface area contributed by atoms with Crippen LogP contribution < -0.4 is 21.3 Å². The standard InChI is InChI=1S/C8H8ClN3O2/c9-4-1-7-6(2-5(4)12-10)11-8(13)3-14-7/h1-2,12H,3,10H2,(H,11,13). The van der Waals surface area contributed by atoms with E-state index in [-0.39, 0.29) is 12.5 Å². The van der Waals surface area contributed by atoms with Gasteiger partial charge < -0.3 is 15.5 Å². The fraction of sp³-hybridized carbons (Fsp3) is 0.125. The van der Waals surface area contributed by atoms with Gasteiger partial charge in [-0.25, -0.2) is 0 Å². The molecule has 2 rings (SSSR count). The van der Waals surface area contributed by atoms with Gasteiger partial charge in [-0.2, -0.15) is 0 Å². The number of amides is 1. The molecule has 0 radical (unpaired) electrons. The number of benzene rings is 1. The van der Waals surface area contributed by atoms with Crippen molar-refractivity contribution in [1.29, 1.82) is 0 Å². The van der Waals surface area contributed by atoms with Gasteiger partial charge in [0.05, 0.1) is 16.4 Å². The maximum Gasteiger partial charge on any atom is 0.262 e. The molecule has 1 aromatic rings. The number of hydrogen-bond acceptors (Lipinski definition) is 4. The molecule has 4 N–H and O–H groups in total. The van der Waals surface area contributed by atoms with Gasteiger partial charge in [0.2, 0.25) is 0 Å². The largest absolute Gasteiger partial charge is 0.482 e. The van der Waals surface area contributed by atoms with Crippen molar-refractivity contribution >= 4 is 28.9 Å². The van der Waals surface area contributed by atoms with Crippen molar-refractivity contribution < 1.29 is 9.53 Å². The van der Waals surface area contributed by atoms with E-state index in [0.717, 1.165) is 0 Å². The zero-order valence-corrected chi connectivity index (χ0v) is 7.89. The van der Waals surface area contributed by atoms with E-state index in [1.807, 2.05) is 0 Å². The lowest BCUT2D eigenvalue weighted by atomic mass is 10.2. The summed E-state index contributed by atoms with van der Waals surface area (Å²) in [4.78, 5) is 11.0. The molecule has 1 heterocycles. The van der Waals surface area contributed by atoms with Gasteiger partial charge in [-0.15, -0.1) is 0 Å². The highest BCUT2D eigenvalue weighted by Gasteiger charge is 2.17. The number of carbonyl (C=O) groups is 1. The quantitative estimate of drug-likeness (QED) is 0.480. The molecule has 5 nitrogen and oxygen atoms in total. The molecule has 0 aliphatic carbocycles. The summed E-state index contributed by atoms with van der Waals surface area (Å²) in [6.07, 6.45) is 0. The zero-order chi connectivity index (χ0) is 10.1. The summed E-state index contributed by atoms with van der Waals surface area (Å²) in [5, 5.41) is 3.09. The molecule has 0 saturated heterocycles. The molecular formula is C8H8ClN3O2. The van der Waals surface area contributed by atoms with Crippen LogP contribution in [0.4, 0.5) is 11.4 Å². The monoisotopic (exact) mass is 213 g/mol. The Hall–Kier alpha value is -1.46. The lowest BCUT2D eigenvalue weighted by Gasteiger charge is -2.19. The Labute approximate surface area is 85.1 Å². The number of nitrogens with two attached hydrogens (primary N) is 1. The third-order valence-corrected chi connectivity index (χ3v) is 2.17. The lowest BCUT2D eigenvalue weighted by Crippen LogP contribution is -2.25. The first-order valence-corrected chi connectivity index (χ1v) is 4.31. The average Bonchev–Trinajstić information content (AvgIpc) is 2.17. The van der Waals surface area contributed by atoms with Crippen molar-refractivity contribution in [3.8, 4) is 5.75 Å². The van der Waals surface area contributed by atoms with Crippen molar-refractivity contribution in [2.45, 2.75) is 0 Å². The predicted molar refractivity (Wildman–Crippen MR) is 53.4 cm³/mol. The van der Waals surface area contributed by atoms with Gasteiger partial charge in [0.1, 0.15) is 5.75 Å². The number of halogens is 1. The first-order valence-electron chi connectivity index (χ1n) is 3.93. The fourth-order valence-electron chi connectivity index (χ4n) is 1.21. The lowest BCUT2D eigenvalue weighted by molar-refractivity contribution is -0.118. The molecule has 1 aliphatic rings. The molecule has 0 fully saturated rings. The number of hydrogen-bond donors (Lipinski definition) is 3. The van der Waals surface area contributed by atoms with Crippen LogP contribution >= 0.6 is 11.6 Å². The van der Waals surface area contributed by atoms with Crippen LogP contribution in [0.2, 0.25) is 5.02 Å². The Morgan fingerprint density at radius 1 is 1.57 bits per heavy atom. The van der Waals surface area contributed by atoms with Crippen LogP contribution in [0, 0.1) is 0 Å². The predicted octanol–water partition coefficient (Wildman–Crippen LogP) is 0.957. The van der Waals surface area contributed by atoms with Crippen molar-refractivity contribution in [1.82, 2.24) is 0 Å². The summed E-state index contributed by atoms with van der Waals surface area (Å²) in [5.74, 6) is 5.59. The van der Waals surface area contributed by atoms with Crippen molar-refractivity contribution in [2.24, 2.45) is 5.84 Å². The first-order chi connectivity index (χ1) is 6.70. The first kappa shape index (κ1) is 9.11. The van der Waals surface area contributed by atoms with E-state index < -0.39 is 0 Å². The van der Waals surface area contributed by atoms with Gasteiger partial charge in [0.25, 0.3) is 5.91 Å². The Bertz CT molecular complexity index is 394. The molecule has 6 heteroatoms. The molecule has 74 valence electrons. The zero-order valence-electron chi connectivity index (χ0n) is 7.13. The summed E-state index contributed by atoms with van der Waals surface area (Å²) in [6.45, 7) is 0.0126. The summed E-state index contributed by atoms with van der Waals surface area (Å²) < 4.78 is 5.15. The number of ether oxygens (including phenoxy) is 1. The number of nitrogens with one attached hydrogen (secondary N) is 2. The van der Waals surface area contributed by atoms with Gasteiger partial charge in [0, 0.05) is 6.07 Å². The van der Waals surface area contributed by atoms with Crippen molar-refractivity contribution in [2.75, 3.05) is 17.3 Å². The second kappa shape index (κ2) is 3.36. The number of nitrogen functional groups attached to an aromatic ring is 1. The second-order valence-corrected chi connectivity index (χ2v) is 3.22. The van der Waals surface area contributed by atoms with Crippen LogP contribution in [-0.2, 0) is 4.79 Å². The SMILES string of the molecule is NNc1cc2c(cc1Cl)OCC(=O)N2. The van der Waals surface area contributed by atoms with Crippen LogP contribution in [-0.4, -0.2) is 12.5 Å². The van der Waals surface area contributed by atoms with Crippen LogP contribution in [0.25, 0.3) is 0 Å². The normalized spacial score (nSPS) is 14.0. The maximum absolute atomic E-state index is 11.0. The summed E-state index contributed by atoms with van der Waals surface area (Å²) in [7, 11) is 0. The van der Waals surface area contributed by atoms with E-state index in [1.165, 1.54) is 0 Å². The number of hydrazine groups is 1. The van der Waals surface area contributed by atoms with Gasteiger partial charge >= 0.3 is 0 Å². The number of carbonyl (C=O) groups excluding carboxylic acids is 1. The molecular weight excluding hydrogens is 206 g/mol. The minimum Gasteiger partial charge on any atom is -0.482 e. The van der Waals surface area contributed by atoms with E-state index in [9.17, 15) is 4.79 Å². The second-order valence-electron chi connectivity index (χ2n) is 2.81. The third kappa shape index (κ3) is 1.47. The van der Waals surface area contributed by atoms with E-state index in [1.54, 1.807) is 12.1 Å². The molecule has 0 spiro atoms. The Morgan fingerprint density at radius 2 is 2.36 bits per heavy atom. The van der Waals surface area contributed by atoms with Crippen molar-refractivity contribution in [3.05, 3.63) is 17.2 Å². The minimum absolute atomic E-state index is 0.0126. The van der Waals surface area contributed by atoms with Gasteiger partial charge in [-0.05, 0) is 6.07 Å². The molecule has 0 unspecified atom stereocenters.